The van der Waals surface area contributed by atoms with Gasteiger partial charge in [-0.15, -0.1) is 0 Å². The van der Waals surface area contributed by atoms with Gasteiger partial charge < -0.3 is 11.1 Å². The molecular weight excluding hydrogens is 238 g/mol. The lowest BCUT2D eigenvalue weighted by atomic mass is 10.1. The van der Waals surface area contributed by atoms with E-state index in [-0.39, 0.29) is 0 Å². The largest absolute Gasteiger partial charge is 0.398 e. The number of benzene rings is 1. The van der Waals surface area contributed by atoms with Gasteiger partial charge in [0, 0.05) is 47.8 Å². The van der Waals surface area contributed by atoms with Crippen LogP contribution < -0.4 is 11.1 Å². The van der Waals surface area contributed by atoms with Crippen molar-refractivity contribution >= 4 is 22.1 Å². The highest BCUT2D eigenvalue weighted by molar-refractivity contribution is 6.00. The van der Waals surface area contributed by atoms with Crippen molar-refractivity contribution in [3.05, 3.63) is 48.5 Å². The molecule has 5 nitrogen and oxygen atoms in total. The number of aromatic nitrogens is 3. The average Bonchev–Trinajstić information content (AvgIpc) is 2.84. The smallest absolute Gasteiger partial charge is 0.0571 e. The number of fused-ring (bicyclic) bond motifs is 1. The highest BCUT2D eigenvalue weighted by Crippen LogP contribution is 2.27. The van der Waals surface area contributed by atoms with Gasteiger partial charge >= 0.3 is 0 Å². The summed E-state index contributed by atoms with van der Waals surface area (Å²) in [7, 11) is 1.93. The Bertz CT molecular complexity index is 717. The van der Waals surface area contributed by atoms with Gasteiger partial charge in [0.05, 0.1) is 12.2 Å². The second-order valence-corrected chi connectivity index (χ2v) is 4.42. The predicted octanol–water partition coefficient (Wildman–Crippen LogP) is 2.16. The minimum absolute atomic E-state index is 0.720. The van der Waals surface area contributed by atoms with Crippen molar-refractivity contribution < 1.29 is 0 Å². The highest BCUT2D eigenvalue weighted by atomic mass is 15.3. The van der Waals surface area contributed by atoms with Gasteiger partial charge in [-0.05, 0) is 24.3 Å². The van der Waals surface area contributed by atoms with E-state index >= 15 is 0 Å². The molecule has 0 unspecified atom stereocenters. The zero-order valence-corrected chi connectivity index (χ0v) is 10.7. The van der Waals surface area contributed by atoms with E-state index in [2.05, 4.69) is 15.4 Å². The molecule has 5 heteroatoms. The summed E-state index contributed by atoms with van der Waals surface area (Å²) in [5.41, 5.74) is 8.88. The van der Waals surface area contributed by atoms with Crippen LogP contribution in [0, 0.1) is 0 Å². The standard InChI is InChI=1S/C14H15N5/c1-19-10(4-7-18-19)8-17-14-3-2-13(15)12-9-16-6-5-11(12)14/h2-7,9,17H,8,15H2,1H3. The number of nitrogen functional groups attached to an aromatic ring is 1. The Kier molecular flexibility index (Phi) is 2.79. The Morgan fingerprint density at radius 3 is 2.84 bits per heavy atom. The molecule has 0 saturated carbocycles. The molecule has 0 atom stereocenters. The topological polar surface area (TPSA) is 68.8 Å². The molecule has 3 rings (SSSR count). The number of nitrogens with two attached hydrogens (primary N) is 1. The highest BCUT2D eigenvalue weighted by Gasteiger charge is 2.04. The number of nitrogens with one attached hydrogen (secondary N) is 1. The lowest BCUT2D eigenvalue weighted by Crippen LogP contribution is -2.06. The Morgan fingerprint density at radius 2 is 2.05 bits per heavy atom. The number of rotatable bonds is 3. The van der Waals surface area contributed by atoms with Crippen LogP contribution in [0.3, 0.4) is 0 Å². The third-order valence-corrected chi connectivity index (χ3v) is 3.23. The van der Waals surface area contributed by atoms with Crippen molar-refractivity contribution in [2.45, 2.75) is 6.54 Å². The summed E-state index contributed by atoms with van der Waals surface area (Å²) in [6.45, 7) is 0.720. The first-order valence-corrected chi connectivity index (χ1v) is 6.08. The van der Waals surface area contributed by atoms with Crippen molar-refractivity contribution in [1.29, 1.82) is 0 Å². The van der Waals surface area contributed by atoms with Gasteiger partial charge in [-0.25, -0.2) is 0 Å². The predicted molar refractivity (Wildman–Crippen MR) is 76.7 cm³/mol. The van der Waals surface area contributed by atoms with Crippen molar-refractivity contribution in [1.82, 2.24) is 14.8 Å². The van der Waals surface area contributed by atoms with E-state index < -0.39 is 0 Å². The maximum atomic E-state index is 5.96. The molecule has 0 saturated heterocycles. The van der Waals surface area contributed by atoms with Crippen LogP contribution in [0.4, 0.5) is 11.4 Å². The lowest BCUT2D eigenvalue weighted by Gasteiger charge is -2.11. The van der Waals surface area contributed by atoms with Crippen LogP contribution in [-0.4, -0.2) is 14.8 Å². The molecule has 3 aromatic rings. The van der Waals surface area contributed by atoms with E-state index in [1.165, 1.54) is 0 Å². The summed E-state index contributed by atoms with van der Waals surface area (Å²) in [5, 5.41) is 9.62. The zero-order chi connectivity index (χ0) is 13.2. The van der Waals surface area contributed by atoms with E-state index in [1.807, 2.05) is 36.0 Å². The van der Waals surface area contributed by atoms with Gasteiger partial charge in [0.25, 0.3) is 0 Å². The number of hydrogen-bond donors (Lipinski definition) is 2. The monoisotopic (exact) mass is 253 g/mol. The zero-order valence-electron chi connectivity index (χ0n) is 10.7. The summed E-state index contributed by atoms with van der Waals surface area (Å²) >= 11 is 0. The minimum Gasteiger partial charge on any atom is -0.398 e. The first-order chi connectivity index (χ1) is 9.25. The molecule has 0 radical (unpaired) electrons. The number of aryl methyl sites for hydroxylation is 1. The summed E-state index contributed by atoms with van der Waals surface area (Å²) in [5.74, 6) is 0. The van der Waals surface area contributed by atoms with E-state index in [4.69, 9.17) is 5.73 Å². The van der Waals surface area contributed by atoms with Gasteiger partial charge in [0.15, 0.2) is 0 Å². The average molecular weight is 253 g/mol. The maximum absolute atomic E-state index is 5.96. The van der Waals surface area contributed by atoms with Gasteiger partial charge in [-0.1, -0.05) is 0 Å². The van der Waals surface area contributed by atoms with Crippen LogP contribution in [0.15, 0.2) is 42.9 Å². The fourth-order valence-electron chi connectivity index (χ4n) is 2.13. The van der Waals surface area contributed by atoms with Gasteiger partial charge in [-0.2, -0.15) is 5.10 Å². The molecule has 0 spiro atoms. The first-order valence-electron chi connectivity index (χ1n) is 6.08. The van der Waals surface area contributed by atoms with Crippen LogP contribution >= 0.6 is 0 Å². The molecule has 0 bridgehead atoms. The third-order valence-electron chi connectivity index (χ3n) is 3.23. The quantitative estimate of drug-likeness (QED) is 0.702. The first kappa shape index (κ1) is 11.5. The van der Waals surface area contributed by atoms with E-state index in [1.54, 1.807) is 18.6 Å². The van der Waals surface area contributed by atoms with Crippen molar-refractivity contribution in [2.75, 3.05) is 11.1 Å². The molecule has 3 N–H and O–H groups in total. The fraction of sp³-hybridized carbons (Fsp3) is 0.143. The Morgan fingerprint density at radius 1 is 1.16 bits per heavy atom. The normalized spacial score (nSPS) is 10.8. The van der Waals surface area contributed by atoms with Crippen molar-refractivity contribution in [3.63, 3.8) is 0 Å². The SMILES string of the molecule is Cn1nccc1CNc1ccc(N)c2cnccc12. The lowest BCUT2D eigenvalue weighted by molar-refractivity contribution is 0.721. The maximum Gasteiger partial charge on any atom is 0.0571 e. The summed E-state index contributed by atoms with van der Waals surface area (Å²) in [6.07, 6.45) is 5.36. The number of pyridine rings is 1. The molecule has 0 aliphatic heterocycles. The Balaban J connectivity index is 1.93. The van der Waals surface area contributed by atoms with E-state index in [0.29, 0.717) is 0 Å². The Labute approximate surface area is 111 Å². The molecule has 0 aliphatic rings. The van der Waals surface area contributed by atoms with Crippen molar-refractivity contribution in [3.8, 4) is 0 Å². The Hall–Kier alpha value is -2.56. The second-order valence-electron chi connectivity index (χ2n) is 4.42. The van der Waals surface area contributed by atoms with Crippen LogP contribution in [0.2, 0.25) is 0 Å². The molecule has 0 aliphatic carbocycles. The fourth-order valence-corrected chi connectivity index (χ4v) is 2.13. The number of nitrogens with zero attached hydrogens (tertiary/aromatic N) is 3. The number of anilines is 2. The summed E-state index contributed by atoms with van der Waals surface area (Å²) < 4.78 is 1.86. The third kappa shape index (κ3) is 2.10. The molecule has 0 amide bonds. The summed E-state index contributed by atoms with van der Waals surface area (Å²) in [6, 6.07) is 7.86. The van der Waals surface area contributed by atoms with Gasteiger partial charge in [0.1, 0.15) is 0 Å². The van der Waals surface area contributed by atoms with Crippen LogP contribution in [-0.2, 0) is 13.6 Å². The second kappa shape index (κ2) is 4.61. The molecule has 2 aromatic heterocycles. The molecular formula is C14H15N5. The van der Waals surface area contributed by atoms with Crippen molar-refractivity contribution in [2.24, 2.45) is 7.05 Å². The minimum atomic E-state index is 0.720. The molecule has 0 fully saturated rings. The van der Waals surface area contributed by atoms with Gasteiger partial charge in [0.2, 0.25) is 0 Å². The number of hydrogen-bond acceptors (Lipinski definition) is 4. The summed E-state index contributed by atoms with van der Waals surface area (Å²) in [4.78, 5) is 4.12. The van der Waals surface area contributed by atoms with E-state index in [9.17, 15) is 0 Å². The molecule has 1 aromatic carbocycles. The molecule has 2 heterocycles. The molecule has 19 heavy (non-hydrogen) atoms. The van der Waals surface area contributed by atoms with Crippen LogP contribution in [0.5, 0.6) is 0 Å². The van der Waals surface area contributed by atoms with E-state index in [0.717, 1.165) is 34.4 Å². The van der Waals surface area contributed by atoms with Gasteiger partial charge in [-0.3, -0.25) is 9.67 Å². The van der Waals surface area contributed by atoms with Crippen LogP contribution in [0.25, 0.3) is 10.8 Å². The molecule has 96 valence electrons. The van der Waals surface area contributed by atoms with Crippen LogP contribution in [0.1, 0.15) is 5.69 Å².